The molecule has 0 aliphatic carbocycles. The van der Waals surface area contributed by atoms with Crippen LogP contribution in [-0.2, 0) is 0 Å². The number of hydrogen-bond acceptors (Lipinski definition) is 3. The summed E-state index contributed by atoms with van der Waals surface area (Å²) in [5, 5.41) is 9.03. The van der Waals surface area contributed by atoms with Gasteiger partial charge in [0.25, 0.3) is 0 Å². The molecule has 15 heavy (non-hydrogen) atoms. The summed E-state index contributed by atoms with van der Waals surface area (Å²) in [5.41, 5.74) is 1.69. The minimum Gasteiger partial charge on any atom is -0.298 e. The van der Waals surface area contributed by atoms with Crippen molar-refractivity contribution in [3.8, 4) is 6.07 Å². The molecule has 0 spiro atoms. The van der Waals surface area contributed by atoms with E-state index < -0.39 is 0 Å². The summed E-state index contributed by atoms with van der Waals surface area (Å²) in [5.74, 6) is -0.105. The first-order valence-corrected chi connectivity index (χ1v) is 5.35. The van der Waals surface area contributed by atoms with Crippen molar-refractivity contribution in [1.29, 1.82) is 5.26 Å². The molecule has 0 aliphatic rings. The van der Waals surface area contributed by atoms with Crippen LogP contribution in [0.4, 0.5) is 0 Å². The second kappa shape index (κ2) is 4.85. The van der Waals surface area contributed by atoms with Gasteiger partial charge in [-0.05, 0) is 24.6 Å². The van der Waals surface area contributed by atoms with Crippen LogP contribution in [0.1, 0.15) is 31.8 Å². The molecule has 76 valence electrons. The van der Waals surface area contributed by atoms with E-state index in [1.54, 1.807) is 13.0 Å². The Morgan fingerprint density at radius 1 is 1.60 bits per heavy atom. The van der Waals surface area contributed by atoms with Gasteiger partial charge in [-0.3, -0.25) is 9.59 Å². The van der Waals surface area contributed by atoms with Crippen LogP contribution in [0, 0.1) is 18.3 Å². The summed E-state index contributed by atoms with van der Waals surface area (Å²) >= 11 is 3.06. The first-order valence-electron chi connectivity index (χ1n) is 4.23. The average Bonchev–Trinajstić information content (AvgIpc) is 2.26. The monoisotopic (exact) mass is 265 g/mol. The number of hydrogen-bond donors (Lipinski definition) is 0. The third kappa shape index (κ3) is 2.31. The lowest BCUT2D eigenvalue weighted by Crippen LogP contribution is -2.03. The van der Waals surface area contributed by atoms with Crippen LogP contribution < -0.4 is 0 Å². The zero-order valence-corrected chi connectivity index (χ0v) is 9.67. The molecule has 0 saturated heterocycles. The van der Waals surface area contributed by atoms with E-state index in [2.05, 4.69) is 15.9 Å². The van der Waals surface area contributed by atoms with Crippen molar-refractivity contribution >= 4 is 28.0 Å². The maximum absolute atomic E-state index is 11.4. The molecule has 0 atom stereocenters. The van der Waals surface area contributed by atoms with E-state index in [1.165, 1.54) is 6.07 Å². The van der Waals surface area contributed by atoms with Crippen molar-refractivity contribution in [1.82, 2.24) is 0 Å². The van der Waals surface area contributed by atoms with E-state index in [4.69, 9.17) is 5.26 Å². The van der Waals surface area contributed by atoms with Crippen LogP contribution in [0.5, 0.6) is 0 Å². The van der Waals surface area contributed by atoms with Crippen LogP contribution >= 0.6 is 15.9 Å². The van der Waals surface area contributed by atoms with Crippen molar-refractivity contribution in [2.75, 3.05) is 5.33 Å². The third-order valence-corrected chi connectivity index (χ3v) is 2.58. The number of aldehydes is 1. The van der Waals surface area contributed by atoms with Crippen LogP contribution in [0.3, 0.4) is 0 Å². The Labute approximate surface area is 95.8 Å². The highest BCUT2D eigenvalue weighted by Gasteiger charge is 2.11. The van der Waals surface area contributed by atoms with Gasteiger partial charge in [0.15, 0.2) is 12.1 Å². The van der Waals surface area contributed by atoms with Gasteiger partial charge in [-0.15, -0.1) is 0 Å². The van der Waals surface area contributed by atoms with Crippen molar-refractivity contribution < 1.29 is 9.59 Å². The van der Waals surface area contributed by atoms with E-state index in [9.17, 15) is 9.59 Å². The van der Waals surface area contributed by atoms with E-state index >= 15 is 0 Å². The molecule has 3 nitrogen and oxygen atoms in total. The lowest BCUT2D eigenvalue weighted by Gasteiger charge is -2.04. The number of Topliss-reactive ketones (excluding diaryl/α,β-unsaturated/α-hetero) is 1. The fraction of sp³-hybridized carbons (Fsp3) is 0.182. The average molecular weight is 266 g/mol. The highest BCUT2D eigenvalue weighted by atomic mass is 79.9. The van der Waals surface area contributed by atoms with Gasteiger partial charge >= 0.3 is 0 Å². The molecule has 0 amide bonds. The van der Waals surface area contributed by atoms with Gasteiger partial charge in [0, 0.05) is 11.1 Å². The van der Waals surface area contributed by atoms with Crippen LogP contribution in [-0.4, -0.2) is 17.4 Å². The molecule has 0 unspecified atom stereocenters. The summed E-state index contributed by atoms with van der Waals surface area (Å²) < 4.78 is 0. The predicted molar refractivity (Wildman–Crippen MR) is 59.4 cm³/mol. The van der Waals surface area contributed by atoms with E-state index in [-0.39, 0.29) is 16.7 Å². The summed E-state index contributed by atoms with van der Waals surface area (Å²) in [6.07, 6.45) is 0.635. The van der Waals surface area contributed by atoms with Crippen molar-refractivity contribution in [3.05, 3.63) is 34.4 Å². The number of carbonyl (C=O) groups is 2. The van der Waals surface area contributed by atoms with Gasteiger partial charge in [-0.2, -0.15) is 5.26 Å². The number of alkyl halides is 1. The zero-order valence-electron chi connectivity index (χ0n) is 8.08. The molecule has 0 aromatic heterocycles. The minimum atomic E-state index is -0.105. The maximum Gasteiger partial charge on any atom is 0.173 e. The lowest BCUT2D eigenvalue weighted by atomic mass is 9.98. The Bertz CT molecular complexity index is 460. The molecule has 4 heteroatoms. The molecule has 1 rings (SSSR count). The standard InChI is InChI=1S/C11H8BrNO2/c1-7-2-8(11(15)4-12)3-9(5-13)10(7)6-14/h2-3,6H,4H2,1H3. The van der Waals surface area contributed by atoms with Crippen molar-refractivity contribution in [2.24, 2.45) is 0 Å². The van der Waals surface area contributed by atoms with Crippen molar-refractivity contribution in [3.63, 3.8) is 0 Å². The Hall–Kier alpha value is -1.47. The highest BCUT2D eigenvalue weighted by molar-refractivity contribution is 9.09. The largest absolute Gasteiger partial charge is 0.298 e. The summed E-state index contributed by atoms with van der Waals surface area (Å²) in [4.78, 5) is 22.1. The number of benzene rings is 1. The van der Waals surface area contributed by atoms with E-state index in [0.717, 1.165) is 0 Å². The SMILES string of the molecule is Cc1cc(C(=O)CBr)cc(C#N)c1C=O. The molecule has 0 N–H and O–H groups in total. The number of halogens is 1. The molecule has 0 radical (unpaired) electrons. The third-order valence-electron chi connectivity index (χ3n) is 2.07. The molecule has 0 fully saturated rings. The number of carbonyl (C=O) groups excluding carboxylic acids is 2. The molecule has 0 heterocycles. The summed E-state index contributed by atoms with van der Waals surface area (Å²) in [6, 6.07) is 4.97. The smallest absolute Gasteiger partial charge is 0.173 e. The first-order chi connectivity index (χ1) is 7.13. The van der Waals surface area contributed by atoms with Gasteiger partial charge in [0.1, 0.15) is 0 Å². The Morgan fingerprint density at radius 2 is 2.27 bits per heavy atom. The number of nitriles is 1. The molecule has 1 aromatic rings. The zero-order chi connectivity index (χ0) is 11.4. The second-order valence-corrected chi connectivity index (χ2v) is 3.60. The fourth-order valence-corrected chi connectivity index (χ4v) is 1.61. The predicted octanol–water partition coefficient (Wildman–Crippen LogP) is 2.26. The Balaban J connectivity index is 3.40. The summed E-state index contributed by atoms with van der Waals surface area (Å²) in [7, 11) is 0. The second-order valence-electron chi connectivity index (χ2n) is 3.04. The van der Waals surface area contributed by atoms with Gasteiger partial charge < -0.3 is 0 Å². The highest BCUT2D eigenvalue weighted by Crippen LogP contribution is 2.16. The van der Waals surface area contributed by atoms with Gasteiger partial charge in [-0.25, -0.2) is 0 Å². The summed E-state index contributed by atoms with van der Waals surface area (Å²) in [6.45, 7) is 1.70. The number of nitrogens with zero attached hydrogens (tertiary/aromatic N) is 1. The topological polar surface area (TPSA) is 57.9 Å². The maximum atomic E-state index is 11.4. The quantitative estimate of drug-likeness (QED) is 0.479. The van der Waals surface area contributed by atoms with Crippen LogP contribution in [0.2, 0.25) is 0 Å². The Kier molecular flexibility index (Phi) is 3.75. The number of rotatable bonds is 3. The van der Waals surface area contributed by atoms with Crippen LogP contribution in [0.15, 0.2) is 12.1 Å². The van der Waals surface area contributed by atoms with Gasteiger partial charge in [0.05, 0.1) is 17.0 Å². The lowest BCUT2D eigenvalue weighted by molar-refractivity contribution is 0.102. The normalized spacial score (nSPS) is 9.40. The fourth-order valence-electron chi connectivity index (χ4n) is 1.29. The molecular formula is C11H8BrNO2. The van der Waals surface area contributed by atoms with E-state index in [0.29, 0.717) is 23.0 Å². The molecule has 0 bridgehead atoms. The molecule has 0 saturated carbocycles. The van der Waals surface area contributed by atoms with Gasteiger partial charge in [-0.1, -0.05) is 15.9 Å². The molecule has 1 aromatic carbocycles. The van der Waals surface area contributed by atoms with E-state index in [1.807, 2.05) is 6.07 Å². The molecular weight excluding hydrogens is 258 g/mol. The van der Waals surface area contributed by atoms with Crippen molar-refractivity contribution in [2.45, 2.75) is 6.92 Å². The Morgan fingerprint density at radius 3 is 2.73 bits per heavy atom. The van der Waals surface area contributed by atoms with Crippen LogP contribution in [0.25, 0.3) is 0 Å². The van der Waals surface area contributed by atoms with Gasteiger partial charge in [0.2, 0.25) is 0 Å². The first kappa shape index (κ1) is 11.6. The minimum absolute atomic E-state index is 0.105. The molecule has 0 aliphatic heterocycles. The number of aryl methyl sites for hydroxylation is 1. The number of ketones is 1.